The number of amides is 2. The normalized spacial score (nSPS) is 12.1. The van der Waals surface area contributed by atoms with Gasteiger partial charge in [-0.15, -0.1) is 13.2 Å². The Morgan fingerprint density at radius 3 is 1.41 bits per heavy atom. The number of rotatable bonds is 13. The molecule has 4 heterocycles. The predicted molar refractivity (Wildman–Crippen MR) is 283 cm³/mol. The SMILES string of the molecule is COC(=O)c1ccc(-c2cnc3c(N(CCC(F)(F)F)C(=O)OC(C)(C)C)cc(Br)cn23)cc1C.COC(=O)c1ccc(-c2cnc3c(N(CCC(F)(F)F)C(=O)OC(C)(C)C)cc(Oc4cccc(OC(F)(F)F)c4)cn23)cc1C. The molecule has 3 aromatic carbocycles. The molecule has 0 fully saturated rings. The summed E-state index contributed by atoms with van der Waals surface area (Å²) >= 11 is 3.39. The maximum Gasteiger partial charge on any atom is 0.573 e. The molecule has 0 saturated heterocycles. The third-order valence-corrected chi connectivity index (χ3v) is 11.7. The number of pyridine rings is 2. The Balaban J connectivity index is 0.000000271. The smallest absolute Gasteiger partial charge is 0.465 e. The van der Waals surface area contributed by atoms with Crippen LogP contribution in [-0.2, 0) is 18.9 Å². The van der Waals surface area contributed by atoms with Gasteiger partial charge in [-0.05, 0) is 125 Å². The number of benzene rings is 3. The Morgan fingerprint density at radius 2 is 1.00 bits per heavy atom. The number of fused-ring (bicyclic) bond motifs is 2. The van der Waals surface area contributed by atoms with Gasteiger partial charge in [-0.3, -0.25) is 18.6 Å². The second-order valence-corrected chi connectivity index (χ2v) is 20.9. The maximum atomic E-state index is 13.4. The number of aryl methyl sites for hydroxylation is 2. The summed E-state index contributed by atoms with van der Waals surface area (Å²) in [4.78, 5) is 60.8. The number of alkyl halides is 9. The Hall–Kier alpha value is -8.03. The first-order valence-electron chi connectivity index (χ1n) is 24.3. The van der Waals surface area contributed by atoms with Crippen LogP contribution in [0.15, 0.2) is 102 Å². The Kier molecular flexibility index (Phi) is 18.7. The molecule has 7 rings (SSSR count). The molecule has 7 aromatic rings. The van der Waals surface area contributed by atoms with Crippen molar-refractivity contribution in [3.8, 4) is 39.8 Å². The highest BCUT2D eigenvalue weighted by atomic mass is 79.9. The number of esters is 2. The lowest BCUT2D eigenvalue weighted by atomic mass is 10.0. The van der Waals surface area contributed by atoms with Crippen LogP contribution < -0.4 is 19.3 Å². The molecule has 81 heavy (non-hydrogen) atoms. The van der Waals surface area contributed by atoms with Crippen LogP contribution in [0.5, 0.6) is 17.2 Å². The van der Waals surface area contributed by atoms with Crippen LogP contribution in [0.4, 0.5) is 60.5 Å². The van der Waals surface area contributed by atoms with Gasteiger partial charge in [0, 0.05) is 47.0 Å². The lowest BCUT2D eigenvalue weighted by Gasteiger charge is -2.28. The summed E-state index contributed by atoms with van der Waals surface area (Å²) in [5, 5.41) is 0. The van der Waals surface area contributed by atoms with E-state index in [2.05, 4.69) is 30.6 Å². The molecule has 16 nitrogen and oxygen atoms in total. The summed E-state index contributed by atoms with van der Waals surface area (Å²) in [5.41, 5.74) is 2.54. The molecular weight excluding hydrogens is 1160 g/mol. The van der Waals surface area contributed by atoms with Crippen LogP contribution in [0.1, 0.15) is 86.2 Å². The summed E-state index contributed by atoms with van der Waals surface area (Å²) < 4.78 is 152. The summed E-state index contributed by atoms with van der Waals surface area (Å²) in [5.74, 6) is -1.78. The average Bonchev–Trinajstić information content (AvgIpc) is 4.15. The number of halogens is 10. The largest absolute Gasteiger partial charge is 0.573 e. The number of nitrogens with zero attached hydrogens (tertiary/aromatic N) is 6. The van der Waals surface area contributed by atoms with E-state index in [0.29, 0.717) is 49.2 Å². The zero-order valence-electron chi connectivity index (χ0n) is 45.1. The zero-order chi connectivity index (χ0) is 60.2. The number of hydrogen-bond acceptors (Lipinski definition) is 12. The summed E-state index contributed by atoms with van der Waals surface area (Å²) in [6.45, 7) is 11.5. The number of hydrogen-bond donors (Lipinski definition) is 0. The van der Waals surface area contributed by atoms with Crippen LogP contribution in [0.25, 0.3) is 33.8 Å². The molecule has 0 radical (unpaired) electrons. The molecule has 4 aromatic heterocycles. The van der Waals surface area contributed by atoms with Gasteiger partial charge in [-0.2, -0.15) is 26.3 Å². The topological polar surface area (TPSA) is 165 Å². The number of methoxy groups -OCH3 is 2. The van der Waals surface area contributed by atoms with Gasteiger partial charge in [-0.25, -0.2) is 29.1 Å². The fourth-order valence-electron chi connectivity index (χ4n) is 7.89. The number of imidazole rings is 2. The number of aromatic nitrogens is 4. The fraction of sp³-hybridized carbons (Fsp3) is 0.345. The molecular formula is C55H54BrF9N6O10. The van der Waals surface area contributed by atoms with Crippen molar-refractivity contribution in [1.29, 1.82) is 0 Å². The van der Waals surface area contributed by atoms with Crippen LogP contribution in [0.3, 0.4) is 0 Å². The van der Waals surface area contributed by atoms with Crippen molar-refractivity contribution in [3.05, 3.63) is 124 Å². The molecule has 0 atom stereocenters. The number of ether oxygens (including phenoxy) is 6. The molecule has 0 unspecified atom stereocenters. The van der Waals surface area contributed by atoms with Gasteiger partial charge in [0.15, 0.2) is 11.3 Å². The van der Waals surface area contributed by atoms with E-state index in [-0.39, 0.29) is 34.2 Å². The first-order valence-corrected chi connectivity index (χ1v) is 25.1. The minimum Gasteiger partial charge on any atom is -0.465 e. The summed E-state index contributed by atoms with van der Waals surface area (Å²) in [7, 11) is 2.54. The Morgan fingerprint density at radius 1 is 0.568 bits per heavy atom. The summed E-state index contributed by atoms with van der Waals surface area (Å²) in [6, 6.07) is 17.3. The minimum absolute atomic E-state index is 0.0410. The van der Waals surface area contributed by atoms with E-state index in [0.717, 1.165) is 21.9 Å². The van der Waals surface area contributed by atoms with E-state index >= 15 is 0 Å². The van der Waals surface area contributed by atoms with Crippen molar-refractivity contribution >= 4 is 62.7 Å². The van der Waals surface area contributed by atoms with Gasteiger partial charge in [-0.1, -0.05) is 18.2 Å². The Labute approximate surface area is 466 Å². The minimum atomic E-state index is -4.97. The van der Waals surface area contributed by atoms with E-state index < -0.39 is 85.7 Å². The van der Waals surface area contributed by atoms with Gasteiger partial charge in [0.05, 0.1) is 79.5 Å². The molecule has 0 spiro atoms. The number of carbonyl (C=O) groups is 4. The quantitative estimate of drug-likeness (QED) is 0.0610. The maximum absolute atomic E-state index is 13.4. The monoisotopic (exact) mass is 1210 g/mol. The van der Waals surface area contributed by atoms with E-state index in [1.165, 1.54) is 61.3 Å². The van der Waals surface area contributed by atoms with Crippen LogP contribution in [0.2, 0.25) is 0 Å². The number of carbonyl (C=O) groups excluding carboxylic acids is 4. The highest BCUT2D eigenvalue weighted by Gasteiger charge is 2.36. The van der Waals surface area contributed by atoms with Crippen molar-refractivity contribution in [1.82, 2.24) is 18.8 Å². The van der Waals surface area contributed by atoms with Gasteiger partial charge in [0.1, 0.15) is 28.5 Å². The van der Waals surface area contributed by atoms with Gasteiger partial charge >= 0.3 is 42.8 Å². The highest BCUT2D eigenvalue weighted by molar-refractivity contribution is 9.10. The van der Waals surface area contributed by atoms with Gasteiger partial charge in [0.25, 0.3) is 0 Å². The Bertz CT molecular complexity index is 3460. The van der Waals surface area contributed by atoms with Gasteiger partial charge < -0.3 is 28.4 Å². The standard InChI is InChI=1S/C31H29F6N3O6.C24H25BrF3N3O4/c1-18-13-19(9-10-23(18)27(41)43-5)25-16-38-26-24(39(12-11-30(32,33)34)28(42)46-29(2,3)4)15-22(17-40(25)26)44-20-7-6-8-21(14-20)45-31(35,36)37;1-14-10-15(6-7-17(14)21(32)34-5)19-12-29-20-18(11-16(25)13-31(19)20)30(9-8-24(26,27)28)22(33)35-23(2,3)4/h6-10,13-17H,11-12H2,1-5H3;6-7,10-13H,8-9H2,1-5H3. The molecule has 0 bridgehead atoms. The van der Waals surface area contributed by atoms with E-state index in [1.807, 2.05) is 0 Å². The zero-order valence-corrected chi connectivity index (χ0v) is 46.7. The molecule has 26 heteroatoms. The van der Waals surface area contributed by atoms with Gasteiger partial charge in [0.2, 0.25) is 0 Å². The van der Waals surface area contributed by atoms with E-state index in [4.69, 9.17) is 23.7 Å². The lowest BCUT2D eigenvalue weighted by molar-refractivity contribution is -0.274. The summed E-state index contributed by atoms with van der Waals surface area (Å²) in [6.07, 6.45) is -12.6. The molecule has 434 valence electrons. The van der Waals surface area contributed by atoms with Crippen LogP contribution in [-0.4, -0.2) is 100 Å². The van der Waals surface area contributed by atoms with Crippen molar-refractivity contribution in [2.75, 3.05) is 37.1 Å². The van der Waals surface area contributed by atoms with Crippen LogP contribution in [0, 0.1) is 13.8 Å². The average molecular weight is 1210 g/mol. The molecule has 0 aliphatic carbocycles. The third kappa shape index (κ3) is 16.8. The van der Waals surface area contributed by atoms with Crippen molar-refractivity contribution < 1.29 is 87.1 Å². The molecule has 0 aliphatic rings. The first kappa shape index (κ1) is 62.2. The van der Waals surface area contributed by atoms with E-state index in [9.17, 15) is 58.7 Å². The van der Waals surface area contributed by atoms with E-state index in [1.54, 1.807) is 103 Å². The first-order chi connectivity index (χ1) is 37.5. The molecule has 0 saturated carbocycles. The molecule has 2 amide bonds. The molecule has 0 aliphatic heterocycles. The second-order valence-electron chi connectivity index (χ2n) is 19.9. The van der Waals surface area contributed by atoms with Crippen molar-refractivity contribution in [2.45, 2.75) is 98.1 Å². The van der Waals surface area contributed by atoms with Crippen molar-refractivity contribution in [3.63, 3.8) is 0 Å². The predicted octanol–water partition coefficient (Wildman–Crippen LogP) is 15.0. The number of anilines is 2. The van der Waals surface area contributed by atoms with Crippen molar-refractivity contribution in [2.24, 2.45) is 0 Å². The molecule has 0 N–H and O–H groups in total. The fourth-order valence-corrected chi connectivity index (χ4v) is 8.31. The highest BCUT2D eigenvalue weighted by Crippen LogP contribution is 2.38. The van der Waals surface area contributed by atoms with Crippen LogP contribution >= 0.6 is 15.9 Å². The third-order valence-electron chi connectivity index (χ3n) is 11.3. The lowest BCUT2D eigenvalue weighted by Crippen LogP contribution is -2.39. The second kappa shape index (κ2) is 24.4.